The topological polar surface area (TPSA) is 95.8 Å². The van der Waals surface area contributed by atoms with Crippen LogP contribution in [-0.4, -0.2) is 25.6 Å². The molecule has 0 heterocycles. The van der Waals surface area contributed by atoms with Crippen LogP contribution >= 0.6 is 11.6 Å². The Bertz CT molecular complexity index is 1580. The number of aromatic hydroxyl groups is 1. The fourth-order valence-electron chi connectivity index (χ4n) is 3.45. The summed E-state index contributed by atoms with van der Waals surface area (Å²) in [5.74, 6) is -0.590. The highest BCUT2D eigenvalue weighted by Crippen LogP contribution is 2.25. The molecular weight excluding hydrogens is 484 g/mol. The first-order valence-corrected chi connectivity index (χ1v) is 12.5. The SMILES string of the molecule is Cc1ccc(S(=O)(=O)/C=C/c2ccc(/C=N/NC(=O)c3ccc(O)c(Cl)c3)c3ccccc23)cc1. The number of hydrogen-bond acceptors (Lipinski definition) is 5. The summed E-state index contributed by atoms with van der Waals surface area (Å²) in [6.45, 7) is 1.90. The standard InChI is InChI=1S/C27H21ClN2O4S/c1-18-6-11-22(12-7-18)35(33,34)15-14-19-8-9-21(24-5-3-2-4-23(19)24)17-29-30-27(32)20-10-13-26(31)25(28)16-20/h2-17,31H,1H3,(H,30,32)/b15-14+,29-17+. The van der Waals surface area contributed by atoms with Crippen LogP contribution < -0.4 is 5.43 Å². The Labute approximate surface area is 208 Å². The Balaban J connectivity index is 1.58. The molecule has 0 radical (unpaired) electrons. The average molecular weight is 505 g/mol. The molecule has 0 aliphatic rings. The van der Waals surface area contributed by atoms with Crippen molar-refractivity contribution in [2.24, 2.45) is 5.10 Å². The number of halogens is 1. The van der Waals surface area contributed by atoms with E-state index in [1.165, 1.54) is 29.8 Å². The summed E-state index contributed by atoms with van der Waals surface area (Å²) < 4.78 is 25.4. The van der Waals surface area contributed by atoms with Crippen molar-refractivity contribution < 1.29 is 18.3 Å². The van der Waals surface area contributed by atoms with Crippen molar-refractivity contribution in [3.8, 4) is 5.75 Å². The number of phenolic OH excluding ortho intramolecular Hbond substituents is 1. The smallest absolute Gasteiger partial charge is 0.271 e. The molecule has 0 atom stereocenters. The van der Waals surface area contributed by atoms with Crippen LogP contribution in [0.4, 0.5) is 0 Å². The van der Waals surface area contributed by atoms with E-state index in [9.17, 15) is 18.3 Å². The van der Waals surface area contributed by atoms with Gasteiger partial charge in [-0.1, -0.05) is 65.7 Å². The third-order valence-corrected chi connectivity index (χ3v) is 7.07. The van der Waals surface area contributed by atoms with E-state index >= 15 is 0 Å². The van der Waals surface area contributed by atoms with Gasteiger partial charge in [-0.25, -0.2) is 13.8 Å². The predicted octanol–water partition coefficient (Wildman–Crippen LogP) is 5.72. The molecule has 0 aromatic heterocycles. The maximum Gasteiger partial charge on any atom is 0.271 e. The normalized spacial score (nSPS) is 11.9. The van der Waals surface area contributed by atoms with E-state index in [1.54, 1.807) is 42.5 Å². The van der Waals surface area contributed by atoms with E-state index in [2.05, 4.69) is 10.5 Å². The molecule has 0 aliphatic carbocycles. The van der Waals surface area contributed by atoms with Gasteiger partial charge in [-0.15, -0.1) is 0 Å². The van der Waals surface area contributed by atoms with Crippen LogP contribution in [0.3, 0.4) is 0 Å². The van der Waals surface area contributed by atoms with E-state index in [0.717, 1.165) is 27.5 Å². The lowest BCUT2D eigenvalue weighted by molar-refractivity contribution is 0.0955. The molecule has 0 saturated carbocycles. The van der Waals surface area contributed by atoms with Crippen molar-refractivity contribution in [2.45, 2.75) is 11.8 Å². The fraction of sp³-hybridized carbons (Fsp3) is 0.0370. The van der Waals surface area contributed by atoms with Crippen molar-refractivity contribution in [2.75, 3.05) is 0 Å². The number of phenols is 1. The number of hydrogen-bond donors (Lipinski definition) is 2. The van der Waals surface area contributed by atoms with E-state index < -0.39 is 15.7 Å². The van der Waals surface area contributed by atoms with Crippen LogP contribution in [-0.2, 0) is 9.84 Å². The number of carbonyl (C=O) groups excluding carboxylic acids is 1. The number of rotatable bonds is 6. The number of nitrogens with one attached hydrogen (secondary N) is 1. The predicted molar refractivity (Wildman–Crippen MR) is 140 cm³/mol. The van der Waals surface area contributed by atoms with Gasteiger partial charge in [0.15, 0.2) is 9.84 Å². The van der Waals surface area contributed by atoms with Crippen LogP contribution in [0, 0.1) is 6.92 Å². The Kier molecular flexibility index (Phi) is 7.00. The summed E-state index contributed by atoms with van der Waals surface area (Å²) >= 11 is 5.85. The maximum atomic E-state index is 12.7. The number of nitrogens with zero attached hydrogens (tertiary/aromatic N) is 1. The van der Waals surface area contributed by atoms with Crippen molar-refractivity contribution in [3.63, 3.8) is 0 Å². The Hall–Kier alpha value is -3.94. The molecule has 4 rings (SSSR count). The molecule has 2 N–H and O–H groups in total. The quantitative estimate of drug-likeness (QED) is 0.259. The Morgan fingerprint density at radius 1 is 0.943 bits per heavy atom. The molecule has 0 spiro atoms. The summed E-state index contributed by atoms with van der Waals surface area (Å²) in [5.41, 5.74) is 5.15. The van der Waals surface area contributed by atoms with Gasteiger partial charge in [0.25, 0.3) is 5.91 Å². The second-order valence-corrected chi connectivity index (χ2v) is 10.1. The molecule has 4 aromatic carbocycles. The van der Waals surface area contributed by atoms with Gasteiger partial charge in [-0.3, -0.25) is 4.79 Å². The highest BCUT2D eigenvalue weighted by molar-refractivity contribution is 7.94. The average Bonchev–Trinajstić information content (AvgIpc) is 2.85. The molecule has 0 bridgehead atoms. The highest BCUT2D eigenvalue weighted by Gasteiger charge is 2.11. The molecule has 0 fully saturated rings. The molecular formula is C27H21ClN2O4S. The zero-order valence-corrected chi connectivity index (χ0v) is 20.2. The van der Waals surface area contributed by atoms with Crippen LogP contribution in [0.5, 0.6) is 5.75 Å². The van der Waals surface area contributed by atoms with Gasteiger partial charge in [0.2, 0.25) is 0 Å². The van der Waals surface area contributed by atoms with Crippen molar-refractivity contribution >= 4 is 50.4 Å². The lowest BCUT2D eigenvalue weighted by Gasteiger charge is -2.07. The zero-order valence-electron chi connectivity index (χ0n) is 18.6. The molecule has 8 heteroatoms. The van der Waals surface area contributed by atoms with Crippen molar-refractivity contribution in [1.82, 2.24) is 5.43 Å². The molecule has 0 saturated heterocycles. The third kappa shape index (κ3) is 5.59. The minimum absolute atomic E-state index is 0.0701. The lowest BCUT2D eigenvalue weighted by Crippen LogP contribution is -2.17. The van der Waals surface area contributed by atoms with E-state index in [1.807, 2.05) is 31.2 Å². The molecule has 35 heavy (non-hydrogen) atoms. The number of hydrazone groups is 1. The fourth-order valence-corrected chi connectivity index (χ4v) is 4.63. The second-order valence-electron chi connectivity index (χ2n) is 7.82. The van der Waals surface area contributed by atoms with Gasteiger partial charge in [0, 0.05) is 16.5 Å². The molecule has 0 unspecified atom stereocenters. The number of fused-ring (bicyclic) bond motifs is 1. The summed E-state index contributed by atoms with van der Waals surface area (Å²) in [7, 11) is -3.59. The van der Waals surface area contributed by atoms with Crippen LogP contribution in [0.25, 0.3) is 16.8 Å². The van der Waals surface area contributed by atoms with E-state index in [-0.39, 0.29) is 21.2 Å². The van der Waals surface area contributed by atoms with Crippen LogP contribution in [0.15, 0.2) is 94.3 Å². The summed E-state index contributed by atoms with van der Waals surface area (Å²) in [6, 6.07) is 21.9. The maximum absolute atomic E-state index is 12.7. The minimum Gasteiger partial charge on any atom is -0.506 e. The first-order valence-electron chi connectivity index (χ1n) is 10.6. The van der Waals surface area contributed by atoms with Gasteiger partial charge in [-0.2, -0.15) is 5.10 Å². The van der Waals surface area contributed by atoms with E-state index in [0.29, 0.717) is 0 Å². The number of aryl methyl sites for hydroxylation is 1. The monoisotopic (exact) mass is 504 g/mol. The summed E-state index contributed by atoms with van der Waals surface area (Å²) in [4.78, 5) is 12.5. The van der Waals surface area contributed by atoms with Gasteiger partial charge in [-0.05, 0) is 59.7 Å². The van der Waals surface area contributed by atoms with Crippen LogP contribution in [0.1, 0.15) is 27.0 Å². The Morgan fingerprint density at radius 2 is 1.60 bits per heavy atom. The molecule has 1 amide bonds. The first kappa shape index (κ1) is 24.2. The summed E-state index contributed by atoms with van der Waals surface area (Å²) in [6.07, 6.45) is 3.09. The van der Waals surface area contributed by atoms with Crippen molar-refractivity contribution in [3.05, 3.63) is 112 Å². The third-order valence-electron chi connectivity index (χ3n) is 5.35. The van der Waals surface area contributed by atoms with Gasteiger partial charge >= 0.3 is 0 Å². The number of amides is 1. The largest absolute Gasteiger partial charge is 0.506 e. The van der Waals surface area contributed by atoms with Gasteiger partial charge < -0.3 is 5.11 Å². The Morgan fingerprint density at radius 3 is 2.29 bits per heavy atom. The molecule has 0 aliphatic heterocycles. The summed E-state index contributed by atoms with van der Waals surface area (Å²) in [5, 5.41) is 16.5. The molecule has 6 nitrogen and oxygen atoms in total. The lowest BCUT2D eigenvalue weighted by atomic mass is 10.0. The second kappa shape index (κ2) is 10.1. The highest BCUT2D eigenvalue weighted by atomic mass is 35.5. The molecule has 176 valence electrons. The van der Waals surface area contributed by atoms with Crippen molar-refractivity contribution in [1.29, 1.82) is 0 Å². The first-order chi connectivity index (χ1) is 16.7. The number of carbonyl (C=O) groups is 1. The number of benzene rings is 4. The number of sulfone groups is 1. The minimum atomic E-state index is -3.59. The van der Waals surface area contributed by atoms with E-state index in [4.69, 9.17) is 11.6 Å². The molecule has 4 aromatic rings. The van der Waals surface area contributed by atoms with Gasteiger partial charge in [0.1, 0.15) is 5.75 Å². The van der Waals surface area contributed by atoms with Gasteiger partial charge in [0.05, 0.1) is 16.1 Å². The zero-order chi connectivity index (χ0) is 25.0. The van der Waals surface area contributed by atoms with Crippen LogP contribution in [0.2, 0.25) is 5.02 Å².